The Bertz CT molecular complexity index is 668. The topological polar surface area (TPSA) is 83.0 Å². The van der Waals surface area contributed by atoms with Crippen molar-refractivity contribution in [1.29, 1.82) is 0 Å². The van der Waals surface area contributed by atoms with E-state index in [0.29, 0.717) is 29.6 Å². The first-order valence-electron chi connectivity index (χ1n) is 6.72. The summed E-state index contributed by atoms with van der Waals surface area (Å²) in [5.74, 6) is -0.228. The van der Waals surface area contributed by atoms with E-state index >= 15 is 0 Å². The van der Waals surface area contributed by atoms with Gasteiger partial charge in [0.1, 0.15) is 16.9 Å². The van der Waals surface area contributed by atoms with Crippen LogP contribution in [0.25, 0.3) is 5.69 Å². The molecule has 0 aliphatic heterocycles. The predicted octanol–water partition coefficient (Wildman–Crippen LogP) is 1.98. The molecule has 23 heavy (non-hydrogen) atoms. The molecule has 2 N–H and O–H groups in total. The Balaban J connectivity index is 0.00000264. The third kappa shape index (κ3) is 4.43. The van der Waals surface area contributed by atoms with Gasteiger partial charge < -0.3 is 10.5 Å². The lowest BCUT2D eigenvalue weighted by Crippen LogP contribution is -2.16. The van der Waals surface area contributed by atoms with Crippen LogP contribution in [0.2, 0.25) is 0 Å². The monoisotopic (exact) mass is 360 g/mol. The standard InChI is InChI=1S/C14H17FN4O2S.ClH/c1-9(13(20)21-2)22-14-18-17-12(7-8-16)19(14)11-6-4-3-5-10(11)15;/h3-6,9H,7-8,16H2,1-2H3;1H. The third-order valence-electron chi connectivity index (χ3n) is 2.98. The van der Waals surface area contributed by atoms with E-state index in [4.69, 9.17) is 10.5 Å². The highest BCUT2D eigenvalue weighted by Crippen LogP contribution is 2.27. The van der Waals surface area contributed by atoms with Crippen LogP contribution in [0.5, 0.6) is 0 Å². The second kappa shape index (κ2) is 8.85. The number of rotatable bonds is 6. The van der Waals surface area contributed by atoms with Crippen LogP contribution in [0, 0.1) is 5.82 Å². The van der Waals surface area contributed by atoms with Crippen molar-refractivity contribution in [3.8, 4) is 5.69 Å². The maximum Gasteiger partial charge on any atom is 0.318 e. The molecule has 6 nitrogen and oxygen atoms in total. The van der Waals surface area contributed by atoms with Gasteiger partial charge in [-0.2, -0.15) is 0 Å². The van der Waals surface area contributed by atoms with Gasteiger partial charge >= 0.3 is 5.97 Å². The molecule has 0 amide bonds. The van der Waals surface area contributed by atoms with E-state index in [0.717, 1.165) is 11.8 Å². The van der Waals surface area contributed by atoms with E-state index in [1.165, 1.54) is 13.2 Å². The van der Waals surface area contributed by atoms with Crippen molar-refractivity contribution in [2.24, 2.45) is 5.73 Å². The quantitative estimate of drug-likeness (QED) is 0.626. The lowest BCUT2D eigenvalue weighted by molar-refractivity contribution is -0.139. The zero-order valence-electron chi connectivity index (χ0n) is 12.7. The van der Waals surface area contributed by atoms with Crippen LogP contribution < -0.4 is 5.73 Å². The van der Waals surface area contributed by atoms with Gasteiger partial charge in [0.25, 0.3) is 0 Å². The van der Waals surface area contributed by atoms with E-state index in [-0.39, 0.29) is 18.4 Å². The number of ether oxygens (including phenoxy) is 1. The fourth-order valence-corrected chi connectivity index (χ4v) is 2.82. The first-order valence-corrected chi connectivity index (χ1v) is 7.60. The molecule has 0 aliphatic rings. The normalized spacial score (nSPS) is 11.7. The minimum atomic E-state index is -0.481. The van der Waals surface area contributed by atoms with Gasteiger partial charge in [0.2, 0.25) is 0 Å². The van der Waals surface area contributed by atoms with Crippen LogP contribution in [0.1, 0.15) is 12.7 Å². The Kier molecular flexibility index (Phi) is 7.47. The fraction of sp³-hybridized carbons (Fsp3) is 0.357. The Hall–Kier alpha value is -1.64. The lowest BCUT2D eigenvalue weighted by atomic mass is 10.3. The zero-order valence-corrected chi connectivity index (χ0v) is 14.4. The highest BCUT2D eigenvalue weighted by molar-refractivity contribution is 8.00. The average Bonchev–Trinajstić information content (AvgIpc) is 2.90. The highest BCUT2D eigenvalue weighted by atomic mass is 35.5. The summed E-state index contributed by atoms with van der Waals surface area (Å²) in [4.78, 5) is 11.6. The van der Waals surface area contributed by atoms with Crippen molar-refractivity contribution >= 4 is 30.1 Å². The number of benzene rings is 1. The molecular weight excluding hydrogens is 343 g/mol. The molecule has 1 atom stereocenters. The van der Waals surface area contributed by atoms with Crippen molar-refractivity contribution in [2.75, 3.05) is 13.7 Å². The first-order chi connectivity index (χ1) is 10.6. The first kappa shape index (κ1) is 19.4. The number of hydrogen-bond acceptors (Lipinski definition) is 6. The van der Waals surface area contributed by atoms with Crippen LogP contribution in [-0.4, -0.2) is 39.6 Å². The summed E-state index contributed by atoms with van der Waals surface area (Å²) in [5, 5.41) is 8.05. The summed E-state index contributed by atoms with van der Waals surface area (Å²) < 4.78 is 20.4. The van der Waals surface area contributed by atoms with E-state index in [9.17, 15) is 9.18 Å². The molecule has 0 aliphatic carbocycles. The number of carbonyl (C=O) groups excluding carboxylic acids is 1. The largest absolute Gasteiger partial charge is 0.468 e. The summed E-state index contributed by atoms with van der Waals surface area (Å²) >= 11 is 1.16. The van der Waals surface area contributed by atoms with Crippen LogP contribution in [0.4, 0.5) is 4.39 Å². The molecule has 0 saturated heterocycles. The van der Waals surface area contributed by atoms with Crippen LogP contribution in [-0.2, 0) is 16.0 Å². The molecule has 1 aromatic heterocycles. The Morgan fingerprint density at radius 1 is 1.43 bits per heavy atom. The maximum absolute atomic E-state index is 14.1. The molecule has 1 aromatic carbocycles. The molecule has 1 heterocycles. The number of carbonyl (C=O) groups is 1. The van der Waals surface area contributed by atoms with Gasteiger partial charge in [-0.1, -0.05) is 23.9 Å². The van der Waals surface area contributed by atoms with Gasteiger partial charge in [-0.25, -0.2) is 4.39 Å². The Morgan fingerprint density at radius 3 is 2.74 bits per heavy atom. The number of methoxy groups -OCH3 is 1. The van der Waals surface area contributed by atoms with Gasteiger partial charge in [0.15, 0.2) is 5.16 Å². The zero-order chi connectivity index (χ0) is 16.1. The van der Waals surface area contributed by atoms with Crippen LogP contribution >= 0.6 is 24.2 Å². The molecule has 0 bridgehead atoms. The molecular formula is C14H18ClFN4O2S. The van der Waals surface area contributed by atoms with Gasteiger partial charge in [0.05, 0.1) is 12.8 Å². The number of thioether (sulfide) groups is 1. The molecule has 9 heteroatoms. The molecule has 0 fully saturated rings. The van der Waals surface area contributed by atoms with Gasteiger partial charge in [-0.05, 0) is 25.6 Å². The van der Waals surface area contributed by atoms with Crippen molar-refractivity contribution in [3.05, 3.63) is 35.9 Å². The second-order valence-corrected chi connectivity index (χ2v) is 5.82. The van der Waals surface area contributed by atoms with E-state index in [2.05, 4.69) is 10.2 Å². The summed E-state index contributed by atoms with van der Waals surface area (Å²) in [6.07, 6.45) is 0.453. The van der Waals surface area contributed by atoms with Crippen molar-refractivity contribution < 1.29 is 13.9 Å². The summed E-state index contributed by atoms with van der Waals surface area (Å²) in [5.41, 5.74) is 5.90. The van der Waals surface area contributed by atoms with E-state index in [1.54, 1.807) is 29.7 Å². The number of nitrogens with zero attached hydrogens (tertiary/aromatic N) is 3. The summed E-state index contributed by atoms with van der Waals surface area (Å²) in [6.45, 7) is 2.06. The number of halogens is 2. The minimum absolute atomic E-state index is 0. The molecule has 0 spiro atoms. The summed E-state index contributed by atoms with van der Waals surface area (Å²) in [6, 6.07) is 6.32. The van der Waals surface area contributed by atoms with E-state index in [1.807, 2.05) is 0 Å². The average molecular weight is 361 g/mol. The minimum Gasteiger partial charge on any atom is -0.468 e. The van der Waals surface area contributed by atoms with Gasteiger partial charge in [-0.3, -0.25) is 9.36 Å². The van der Waals surface area contributed by atoms with Crippen molar-refractivity contribution in [2.45, 2.75) is 23.8 Å². The smallest absolute Gasteiger partial charge is 0.318 e. The van der Waals surface area contributed by atoms with E-state index < -0.39 is 11.1 Å². The second-order valence-electron chi connectivity index (χ2n) is 4.51. The van der Waals surface area contributed by atoms with Gasteiger partial charge in [0, 0.05) is 6.42 Å². The number of aromatic nitrogens is 3. The Morgan fingerprint density at radius 2 is 2.13 bits per heavy atom. The van der Waals surface area contributed by atoms with Crippen LogP contribution in [0.3, 0.4) is 0 Å². The third-order valence-corrected chi connectivity index (χ3v) is 4.00. The molecule has 2 aromatic rings. The number of esters is 1. The Labute approximate surface area is 144 Å². The van der Waals surface area contributed by atoms with Crippen molar-refractivity contribution in [1.82, 2.24) is 14.8 Å². The predicted molar refractivity (Wildman–Crippen MR) is 88.7 cm³/mol. The number of nitrogens with two attached hydrogens (primary N) is 1. The molecule has 0 saturated carbocycles. The molecule has 2 rings (SSSR count). The molecule has 1 unspecified atom stereocenters. The number of para-hydroxylation sites is 1. The summed E-state index contributed by atoms with van der Waals surface area (Å²) in [7, 11) is 1.32. The molecule has 126 valence electrons. The van der Waals surface area contributed by atoms with Crippen LogP contribution in [0.15, 0.2) is 29.4 Å². The SMILES string of the molecule is COC(=O)C(C)Sc1nnc(CCN)n1-c1ccccc1F.Cl. The van der Waals surface area contributed by atoms with Gasteiger partial charge in [-0.15, -0.1) is 22.6 Å². The fourth-order valence-electron chi connectivity index (χ4n) is 1.91. The molecule has 0 radical (unpaired) electrons. The number of hydrogen-bond donors (Lipinski definition) is 1. The van der Waals surface area contributed by atoms with Crippen molar-refractivity contribution in [3.63, 3.8) is 0 Å². The highest BCUT2D eigenvalue weighted by Gasteiger charge is 2.22. The lowest BCUT2D eigenvalue weighted by Gasteiger charge is -2.12. The maximum atomic E-state index is 14.1.